The summed E-state index contributed by atoms with van der Waals surface area (Å²) in [5.74, 6) is 0.717. The van der Waals surface area contributed by atoms with Crippen molar-refractivity contribution >= 4 is 36.2 Å². The van der Waals surface area contributed by atoms with Crippen molar-refractivity contribution in [2.75, 3.05) is 25.0 Å². The molecule has 0 saturated carbocycles. The van der Waals surface area contributed by atoms with Crippen LogP contribution in [0.2, 0.25) is 0 Å². The van der Waals surface area contributed by atoms with E-state index in [4.69, 9.17) is 4.74 Å². The molecule has 1 aliphatic heterocycles. The number of amides is 2. The molecule has 3 heterocycles. The summed E-state index contributed by atoms with van der Waals surface area (Å²) in [6, 6.07) is 6.65. The summed E-state index contributed by atoms with van der Waals surface area (Å²) in [6.45, 7) is 3.28. The normalized spacial score (nSPS) is 16.4. The number of morpholine rings is 1. The maximum atomic E-state index is 12.9. The Kier molecular flexibility index (Phi) is 7.43. The van der Waals surface area contributed by atoms with E-state index in [1.165, 1.54) is 0 Å². The zero-order valence-corrected chi connectivity index (χ0v) is 19.1. The minimum Gasteiger partial charge on any atom is -0.365 e. The summed E-state index contributed by atoms with van der Waals surface area (Å²) in [7, 11) is 0. The molecule has 0 bridgehead atoms. The summed E-state index contributed by atoms with van der Waals surface area (Å²) in [6.07, 6.45) is -2.34. The van der Waals surface area contributed by atoms with Crippen LogP contribution in [0.15, 0.2) is 36.7 Å². The molecule has 3 aromatic rings. The Hall–Kier alpha value is -2.92. The Morgan fingerprint density at radius 1 is 1.24 bits per heavy atom. The van der Waals surface area contributed by atoms with Crippen molar-refractivity contribution in [3.8, 4) is 11.1 Å². The van der Waals surface area contributed by atoms with Crippen LogP contribution >= 0.6 is 13.5 Å². The molecule has 1 atom stereocenters. The van der Waals surface area contributed by atoms with Gasteiger partial charge in [-0.1, -0.05) is 13.0 Å². The van der Waals surface area contributed by atoms with Crippen LogP contribution in [-0.2, 0) is 11.2 Å². The van der Waals surface area contributed by atoms with E-state index >= 15 is 0 Å². The average Bonchev–Trinajstić information content (AvgIpc) is 2.79. The number of rotatable bonds is 3. The highest BCUT2D eigenvalue weighted by Gasteiger charge is 2.44. The zero-order chi connectivity index (χ0) is 22.9. The summed E-state index contributed by atoms with van der Waals surface area (Å²) in [5, 5.41) is 3.48. The molecule has 0 spiro atoms. The van der Waals surface area contributed by atoms with Gasteiger partial charge in [-0.15, -0.1) is 0 Å². The lowest BCUT2D eigenvalue weighted by atomic mass is 10.0. The molecule has 4 rings (SSSR count). The second-order valence-electron chi connectivity index (χ2n) is 7.58. The van der Waals surface area contributed by atoms with E-state index in [2.05, 4.69) is 20.3 Å². The van der Waals surface area contributed by atoms with Crippen LogP contribution in [0.25, 0.3) is 22.2 Å². The number of hydrogen-bond acceptors (Lipinski definition) is 5. The highest BCUT2D eigenvalue weighted by Crippen LogP contribution is 2.29. The van der Waals surface area contributed by atoms with Crippen molar-refractivity contribution in [2.45, 2.75) is 32.5 Å². The van der Waals surface area contributed by atoms with E-state index in [9.17, 15) is 18.0 Å². The third-order valence-corrected chi connectivity index (χ3v) is 5.32. The SMILES string of the molecule is CCc1ncc2cc(-c3cc(NC(=O)N4CCO[C@H](C(F)(F)F)C4)ccc3C)cnc2n1.S. The predicted octanol–water partition coefficient (Wildman–Crippen LogP) is 4.47. The number of hydrogen-bond donors (Lipinski definition) is 1. The van der Waals surface area contributed by atoms with Gasteiger partial charge in [0.25, 0.3) is 0 Å². The summed E-state index contributed by atoms with van der Waals surface area (Å²) < 4.78 is 43.6. The van der Waals surface area contributed by atoms with E-state index in [-0.39, 0.29) is 26.6 Å². The Morgan fingerprint density at radius 3 is 2.76 bits per heavy atom. The van der Waals surface area contributed by atoms with Crippen molar-refractivity contribution in [1.82, 2.24) is 19.9 Å². The summed E-state index contributed by atoms with van der Waals surface area (Å²) in [4.78, 5) is 26.8. The number of aryl methyl sites for hydroxylation is 2. The van der Waals surface area contributed by atoms with E-state index in [0.29, 0.717) is 17.8 Å². The van der Waals surface area contributed by atoms with Gasteiger partial charge in [-0.2, -0.15) is 26.7 Å². The molecule has 0 aliphatic carbocycles. The van der Waals surface area contributed by atoms with Gasteiger partial charge in [0, 0.05) is 42.0 Å². The van der Waals surface area contributed by atoms with Crippen molar-refractivity contribution in [3.05, 3.63) is 48.0 Å². The average molecular weight is 480 g/mol. The minimum atomic E-state index is -4.51. The molecule has 0 radical (unpaired) electrons. The second-order valence-corrected chi connectivity index (χ2v) is 7.58. The zero-order valence-electron chi connectivity index (χ0n) is 18.1. The van der Waals surface area contributed by atoms with Crippen LogP contribution in [0.5, 0.6) is 0 Å². The number of pyridine rings is 1. The van der Waals surface area contributed by atoms with E-state index < -0.39 is 24.9 Å². The van der Waals surface area contributed by atoms with Crippen LogP contribution in [0, 0.1) is 6.92 Å². The number of nitrogens with one attached hydrogen (secondary N) is 1. The van der Waals surface area contributed by atoms with Crippen molar-refractivity contribution in [2.24, 2.45) is 0 Å². The van der Waals surface area contributed by atoms with Crippen LogP contribution in [0.4, 0.5) is 23.7 Å². The molecule has 1 aliphatic rings. The fourth-order valence-corrected chi connectivity index (χ4v) is 3.52. The van der Waals surface area contributed by atoms with E-state index in [0.717, 1.165) is 32.8 Å². The molecule has 7 nitrogen and oxygen atoms in total. The van der Waals surface area contributed by atoms with Gasteiger partial charge >= 0.3 is 12.2 Å². The smallest absolute Gasteiger partial charge is 0.365 e. The molecule has 176 valence electrons. The maximum Gasteiger partial charge on any atom is 0.416 e. The number of ether oxygens (including phenoxy) is 1. The number of urea groups is 1. The lowest BCUT2D eigenvalue weighted by Crippen LogP contribution is -2.52. The van der Waals surface area contributed by atoms with Gasteiger partial charge in [0.05, 0.1) is 13.2 Å². The first-order chi connectivity index (χ1) is 15.2. The van der Waals surface area contributed by atoms with Gasteiger partial charge in [-0.05, 0) is 36.2 Å². The molecule has 1 saturated heterocycles. The molecule has 2 aromatic heterocycles. The second kappa shape index (κ2) is 9.92. The van der Waals surface area contributed by atoms with E-state index in [1.807, 2.05) is 26.0 Å². The van der Waals surface area contributed by atoms with E-state index in [1.54, 1.807) is 24.5 Å². The van der Waals surface area contributed by atoms with Gasteiger partial charge in [0.15, 0.2) is 11.8 Å². The number of alkyl halides is 3. The number of aromatic nitrogens is 3. The highest BCUT2D eigenvalue weighted by molar-refractivity contribution is 7.59. The first-order valence-corrected chi connectivity index (χ1v) is 10.2. The molecule has 1 aromatic carbocycles. The Balaban J connectivity index is 0.00000306. The number of fused-ring (bicyclic) bond motifs is 1. The minimum absolute atomic E-state index is 0. The molecule has 2 amide bonds. The van der Waals surface area contributed by atoms with Crippen molar-refractivity contribution in [1.29, 1.82) is 0 Å². The highest BCUT2D eigenvalue weighted by atomic mass is 32.1. The van der Waals surface area contributed by atoms with Crippen molar-refractivity contribution < 1.29 is 22.7 Å². The van der Waals surface area contributed by atoms with Gasteiger partial charge in [0.1, 0.15) is 5.82 Å². The van der Waals surface area contributed by atoms with Gasteiger partial charge in [-0.3, -0.25) is 0 Å². The number of anilines is 1. The molecular weight excluding hydrogens is 455 g/mol. The van der Waals surface area contributed by atoms with Gasteiger partial charge < -0.3 is 15.0 Å². The number of benzene rings is 1. The fraction of sp³-hybridized carbons (Fsp3) is 0.364. The first-order valence-electron chi connectivity index (χ1n) is 10.2. The number of halogens is 3. The standard InChI is InChI=1S/C22H22F3N5O2.H2S/c1-3-19-26-11-15-8-14(10-27-20(15)29-19)17-9-16(5-4-13(17)2)28-21(31)30-6-7-32-18(12-30)22(23,24)25;/h4-5,8-11,18H,3,6-7,12H2,1-2H3,(H,28,31);1H2/t18-;/m0./s1. The molecule has 1 N–H and O–H groups in total. The summed E-state index contributed by atoms with van der Waals surface area (Å²) in [5.41, 5.74) is 3.70. The van der Waals surface area contributed by atoms with Crippen LogP contribution in [0.3, 0.4) is 0 Å². The molecule has 0 unspecified atom stereocenters. The monoisotopic (exact) mass is 479 g/mol. The number of carbonyl (C=O) groups is 1. The fourth-order valence-electron chi connectivity index (χ4n) is 3.52. The molecular formula is C22H24F3N5O2S. The Bertz CT molecular complexity index is 1160. The molecule has 1 fully saturated rings. The molecule has 11 heteroatoms. The topological polar surface area (TPSA) is 80.2 Å². The Labute approximate surface area is 195 Å². The van der Waals surface area contributed by atoms with Gasteiger partial charge in [0.2, 0.25) is 0 Å². The number of nitrogens with zero attached hydrogens (tertiary/aromatic N) is 4. The predicted molar refractivity (Wildman–Crippen MR) is 124 cm³/mol. The first kappa shape index (κ1) is 24.7. The quantitative estimate of drug-likeness (QED) is 0.600. The lowest BCUT2D eigenvalue weighted by Gasteiger charge is -2.33. The third kappa shape index (κ3) is 5.53. The Morgan fingerprint density at radius 2 is 2.03 bits per heavy atom. The number of carbonyl (C=O) groups excluding carboxylic acids is 1. The summed E-state index contributed by atoms with van der Waals surface area (Å²) >= 11 is 0. The largest absolute Gasteiger partial charge is 0.416 e. The van der Waals surface area contributed by atoms with Gasteiger partial charge in [-0.25, -0.2) is 19.7 Å². The maximum absolute atomic E-state index is 12.9. The third-order valence-electron chi connectivity index (χ3n) is 5.32. The molecule has 33 heavy (non-hydrogen) atoms. The van der Waals surface area contributed by atoms with Crippen LogP contribution in [-0.4, -0.2) is 57.9 Å². The van der Waals surface area contributed by atoms with Crippen molar-refractivity contribution in [3.63, 3.8) is 0 Å². The lowest BCUT2D eigenvalue weighted by molar-refractivity contribution is -0.233. The van der Waals surface area contributed by atoms with Crippen LogP contribution < -0.4 is 5.32 Å². The van der Waals surface area contributed by atoms with Crippen LogP contribution in [0.1, 0.15) is 18.3 Å².